The highest BCUT2D eigenvalue weighted by atomic mass is 16.5. The average molecular weight is 257 g/mol. The summed E-state index contributed by atoms with van der Waals surface area (Å²) >= 11 is 0. The Labute approximate surface area is 108 Å². The predicted octanol–water partition coefficient (Wildman–Crippen LogP) is 0.266. The fourth-order valence-corrected chi connectivity index (χ4v) is 2.93. The molecule has 2 fully saturated rings. The molecule has 5 heteroatoms. The van der Waals surface area contributed by atoms with Gasteiger partial charge in [-0.25, -0.2) is 0 Å². The van der Waals surface area contributed by atoms with Crippen molar-refractivity contribution in [3.8, 4) is 0 Å². The quantitative estimate of drug-likeness (QED) is 0.771. The molecular formula is C13H23NO4. The zero-order valence-corrected chi connectivity index (χ0v) is 11.3. The first kappa shape index (κ1) is 13.8. The van der Waals surface area contributed by atoms with Gasteiger partial charge in [-0.2, -0.15) is 0 Å². The van der Waals surface area contributed by atoms with Crippen LogP contribution >= 0.6 is 0 Å². The van der Waals surface area contributed by atoms with Crippen LogP contribution in [0.1, 0.15) is 20.8 Å². The van der Waals surface area contributed by atoms with E-state index in [0.717, 1.165) is 0 Å². The molecule has 0 spiro atoms. The maximum atomic E-state index is 12.5. The minimum absolute atomic E-state index is 0.0297. The van der Waals surface area contributed by atoms with Gasteiger partial charge in [0.25, 0.3) is 0 Å². The van der Waals surface area contributed by atoms with E-state index in [4.69, 9.17) is 14.6 Å². The molecule has 2 heterocycles. The summed E-state index contributed by atoms with van der Waals surface area (Å²) in [7, 11) is 0. The Balaban J connectivity index is 2.02. The standard InChI is InChI=1S/C13H23NO4/c1-8-9(2)18-10(3)12(8)13(16)14-4-5-17-11(6-14)7-15/h8-12,15H,4-7H2,1-3H3. The van der Waals surface area contributed by atoms with Gasteiger partial charge in [-0.3, -0.25) is 4.79 Å². The Hall–Kier alpha value is -0.650. The third-order valence-electron chi connectivity index (χ3n) is 4.18. The number of nitrogens with zero attached hydrogens (tertiary/aromatic N) is 1. The molecule has 1 amide bonds. The van der Waals surface area contributed by atoms with Crippen LogP contribution in [0.4, 0.5) is 0 Å². The van der Waals surface area contributed by atoms with E-state index in [1.54, 1.807) is 0 Å². The van der Waals surface area contributed by atoms with Crippen LogP contribution in [0, 0.1) is 11.8 Å². The summed E-state index contributed by atoms with van der Waals surface area (Å²) in [5.74, 6) is 0.307. The zero-order chi connectivity index (χ0) is 13.3. The van der Waals surface area contributed by atoms with Crippen molar-refractivity contribution in [3.05, 3.63) is 0 Å². The molecule has 2 aliphatic heterocycles. The van der Waals surface area contributed by atoms with Crippen LogP contribution < -0.4 is 0 Å². The number of carbonyl (C=O) groups is 1. The van der Waals surface area contributed by atoms with Crippen molar-refractivity contribution in [1.29, 1.82) is 0 Å². The van der Waals surface area contributed by atoms with Crippen LogP contribution in [0.5, 0.6) is 0 Å². The normalized spacial score (nSPS) is 41.1. The van der Waals surface area contributed by atoms with Gasteiger partial charge in [-0.05, 0) is 19.8 Å². The van der Waals surface area contributed by atoms with E-state index in [0.29, 0.717) is 19.7 Å². The number of hydrogen-bond donors (Lipinski definition) is 1. The highest BCUT2D eigenvalue weighted by molar-refractivity contribution is 5.80. The molecule has 0 aromatic heterocycles. The molecule has 5 atom stereocenters. The van der Waals surface area contributed by atoms with Gasteiger partial charge in [0.1, 0.15) is 0 Å². The molecule has 18 heavy (non-hydrogen) atoms. The van der Waals surface area contributed by atoms with Gasteiger partial charge in [-0.1, -0.05) is 6.92 Å². The first-order chi connectivity index (χ1) is 8.54. The molecule has 0 radical (unpaired) electrons. The van der Waals surface area contributed by atoms with Crippen LogP contribution in [-0.4, -0.2) is 60.5 Å². The zero-order valence-electron chi connectivity index (χ0n) is 11.3. The first-order valence-electron chi connectivity index (χ1n) is 6.71. The highest BCUT2D eigenvalue weighted by Gasteiger charge is 2.43. The van der Waals surface area contributed by atoms with Crippen LogP contribution in [0.2, 0.25) is 0 Å². The van der Waals surface area contributed by atoms with Crippen LogP contribution in [0.15, 0.2) is 0 Å². The Morgan fingerprint density at radius 1 is 1.33 bits per heavy atom. The number of carbonyl (C=O) groups excluding carboxylic acids is 1. The van der Waals surface area contributed by atoms with E-state index in [1.807, 2.05) is 18.7 Å². The Morgan fingerprint density at radius 2 is 2.06 bits per heavy atom. The molecule has 1 N–H and O–H groups in total. The second-order valence-electron chi connectivity index (χ2n) is 5.39. The summed E-state index contributed by atoms with van der Waals surface area (Å²) in [5, 5.41) is 9.11. The van der Waals surface area contributed by atoms with Gasteiger partial charge in [0.15, 0.2) is 0 Å². The number of amides is 1. The van der Waals surface area contributed by atoms with Crippen molar-refractivity contribution in [2.45, 2.75) is 39.1 Å². The van der Waals surface area contributed by atoms with E-state index in [-0.39, 0.29) is 42.7 Å². The molecule has 0 aromatic carbocycles. The molecule has 0 aliphatic carbocycles. The molecule has 0 aromatic rings. The summed E-state index contributed by atoms with van der Waals surface area (Å²) in [6.45, 7) is 7.62. The largest absolute Gasteiger partial charge is 0.394 e. The SMILES string of the molecule is CC1OC(C)C(C(=O)N2CCOC(CO)C2)C1C. The molecule has 104 valence electrons. The van der Waals surface area contributed by atoms with Gasteiger partial charge < -0.3 is 19.5 Å². The maximum absolute atomic E-state index is 12.5. The Kier molecular flexibility index (Phi) is 4.25. The summed E-state index contributed by atoms with van der Waals surface area (Å²) in [6, 6.07) is 0. The number of hydrogen-bond acceptors (Lipinski definition) is 4. The lowest BCUT2D eigenvalue weighted by atomic mass is 9.88. The van der Waals surface area contributed by atoms with Crippen LogP contribution in [-0.2, 0) is 14.3 Å². The van der Waals surface area contributed by atoms with Crippen molar-refractivity contribution in [2.24, 2.45) is 11.8 Å². The van der Waals surface area contributed by atoms with Gasteiger partial charge in [0.2, 0.25) is 5.91 Å². The number of morpholine rings is 1. The van der Waals surface area contributed by atoms with Gasteiger partial charge >= 0.3 is 0 Å². The summed E-state index contributed by atoms with van der Waals surface area (Å²) < 4.78 is 11.1. The molecule has 0 bridgehead atoms. The van der Waals surface area contributed by atoms with Crippen molar-refractivity contribution < 1.29 is 19.4 Å². The minimum Gasteiger partial charge on any atom is -0.394 e. The van der Waals surface area contributed by atoms with Crippen LogP contribution in [0.25, 0.3) is 0 Å². The predicted molar refractivity (Wildman–Crippen MR) is 66.1 cm³/mol. The summed E-state index contributed by atoms with van der Waals surface area (Å²) in [4.78, 5) is 14.3. The van der Waals surface area contributed by atoms with E-state index >= 15 is 0 Å². The van der Waals surface area contributed by atoms with Gasteiger partial charge in [-0.15, -0.1) is 0 Å². The molecule has 2 saturated heterocycles. The Bertz CT molecular complexity index is 309. The number of ether oxygens (including phenoxy) is 2. The second-order valence-corrected chi connectivity index (χ2v) is 5.39. The van der Waals surface area contributed by atoms with Gasteiger partial charge in [0.05, 0.1) is 37.4 Å². The smallest absolute Gasteiger partial charge is 0.228 e. The second kappa shape index (κ2) is 5.55. The molecule has 5 nitrogen and oxygen atoms in total. The maximum Gasteiger partial charge on any atom is 0.228 e. The monoisotopic (exact) mass is 257 g/mol. The number of aliphatic hydroxyl groups excluding tert-OH is 1. The Morgan fingerprint density at radius 3 is 2.61 bits per heavy atom. The van der Waals surface area contributed by atoms with Crippen molar-refractivity contribution >= 4 is 5.91 Å². The van der Waals surface area contributed by atoms with E-state index in [1.165, 1.54) is 0 Å². The third-order valence-corrected chi connectivity index (χ3v) is 4.18. The molecule has 2 rings (SSSR count). The fraction of sp³-hybridized carbons (Fsp3) is 0.923. The summed E-state index contributed by atoms with van der Waals surface area (Å²) in [5.41, 5.74) is 0. The number of rotatable bonds is 2. The first-order valence-corrected chi connectivity index (χ1v) is 6.71. The topological polar surface area (TPSA) is 59.0 Å². The lowest BCUT2D eigenvalue weighted by molar-refractivity contribution is -0.146. The third kappa shape index (κ3) is 2.53. The van der Waals surface area contributed by atoms with E-state index in [2.05, 4.69) is 6.92 Å². The summed E-state index contributed by atoms with van der Waals surface area (Å²) in [6.07, 6.45) is -0.144. The molecule has 2 aliphatic rings. The highest BCUT2D eigenvalue weighted by Crippen LogP contribution is 2.33. The lowest BCUT2D eigenvalue weighted by Gasteiger charge is -2.35. The molecular weight excluding hydrogens is 234 g/mol. The molecule has 0 saturated carbocycles. The van der Waals surface area contributed by atoms with E-state index < -0.39 is 0 Å². The van der Waals surface area contributed by atoms with Gasteiger partial charge in [0, 0.05) is 13.1 Å². The van der Waals surface area contributed by atoms with Crippen molar-refractivity contribution in [3.63, 3.8) is 0 Å². The van der Waals surface area contributed by atoms with Crippen LogP contribution in [0.3, 0.4) is 0 Å². The average Bonchev–Trinajstić information content (AvgIpc) is 2.62. The minimum atomic E-state index is -0.243. The number of aliphatic hydroxyl groups is 1. The van der Waals surface area contributed by atoms with E-state index in [9.17, 15) is 4.79 Å². The van der Waals surface area contributed by atoms with Crippen molar-refractivity contribution in [2.75, 3.05) is 26.3 Å². The molecule has 5 unspecified atom stereocenters. The lowest BCUT2D eigenvalue weighted by Crippen LogP contribution is -2.50. The van der Waals surface area contributed by atoms with Crippen molar-refractivity contribution in [1.82, 2.24) is 4.90 Å². The fourth-order valence-electron chi connectivity index (χ4n) is 2.93.